The van der Waals surface area contributed by atoms with E-state index in [0.29, 0.717) is 6.04 Å². The van der Waals surface area contributed by atoms with Gasteiger partial charge in [0, 0.05) is 16.1 Å². The Labute approximate surface area is 106 Å². The Balaban J connectivity index is 1.97. The Morgan fingerprint density at radius 1 is 1.38 bits per heavy atom. The Hall–Kier alpha value is -0.380. The van der Waals surface area contributed by atoms with E-state index in [1.165, 1.54) is 5.56 Å². The Morgan fingerprint density at radius 3 is 2.69 bits per heavy atom. The van der Waals surface area contributed by atoms with Crippen molar-refractivity contribution in [1.82, 2.24) is 5.32 Å². The summed E-state index contributed by atoms with van der Waals surface area (Å²) in [4.78, 5) is 0. The molecule has 1 atom stereocenters. The second-order valence-corrected chi connectivity index (χ2v) is 5.99. The molecule has 88 valence electrons. The first kappa shape index (κ1) is 12.1. The quantitative estimate of drug-likeness (QED) is 0.901. The SMILES string of the molecule is CC1(C)COCC(Cc2ccc(Br)cc2)N1. The van der Waals surface area contributed by atoms with Crippen LogP contribution in [0.3, 0.4) is 0 Å². The van der Waals surface area contributed by atoms with Crippen LogP contribution in [0.15, 0.2) is 28.7 Å². The number of nitrogens with one attached hydrogen (secondary N) is 1. The predicted octanol–water partition coefficient (Wildman–Crippen LogP) is 2.76. The Bertz CT molecular complexity index is 347. The number of ether oxygens (including phenoxy) is 1. The molecule has 1 unspecified atom stereocenters. The average Bonchev–Trinajstić information content (AvgIpc) is 2.20. The highest BCUT2D eigenvalue weighted by Gasteiger charge is 2.27. The van der Waals surface area contributed by atoms with Gasteiger partial charge in [0.15, 0.2) is 0 Å². The van der Waals surface area contributed by atoms with Crippen LogP contribution in [0.25, 0.3) is 0 Å². The molecule has 2 rings (SSSR count). The molecule has 0 spiro atoms. The van der Waals surface area contributed by atoms with E-state index in [-0.39, 0.29) is 5.54 Å². The first-order chi connectivity index (χ1) is 7.55. The van der Waals surface area contributed by atoms with E-state index >= 15 is 0 Å². The van der Waals surface area contributed by atoms with Crippen LogP contribution in [0.4, 0.5) is 0 Å². The zero-order valence-electron chi connectivity index (χ0n) is 9.79. The van der Waals surface area contributed by atoms with Crippen LogP contribution >= 0.6 is 15.9 Å². The maximum atomic E-state index is 5.62. The van der Waals surface area contributed by atoms with Crippen molar-refractivity contribution >= 4 is 15.9 Å². The van der Waals surface area contributed by atoms with E-state index in [4.69, 9.17) is 4.74 Å². The monoisotopic (exact) mass is 283 g/mol. The lowest BCUT2D eigenvalue weighted by atomic mass is 9.99. The molecule has 1 aliphatic rings. The lowest BCUT2D eigenvalue weighted by Gasteiger charge is -2.37. The second kappa shape index (κ2) is 4.86. The van der Waals surface area contributed by atoms with Crippen LogP contribution in [-0.2, 0) is 11.2 Å². The van der Waals surface area contributed by atoms with Crippen molar-refractivity contribution in [1.29, 1.82) is 0 Å². The van der Waals surface area contributed by atoms with Crippen LogP contribution in [0.1, 0.15) is 19.4 Å². The molecule has 1 aromatic rings. The van der Waals surface area contributed by atoms with E-state index in [0.717, 1.165) is 24.1 Å². The van der Waals surface area contributed by atoms with Crippen LogP contribution in [0.2, 0.25) is 0 Å². The maximum Gasteiger partial charge on any atom is 0.0643 e. The third kappa shape index (κ3) is 3.30. The van der Waals surface area contributed by atoms with Gasteiger partial charge >= 0.3 is 0 Å². The van der Waals surface area contributed by atoms with Gasteiger partial charge < -0.3 is 10.1 Å². The summed E-state index contributed by atoms with van der Waals surface area (Å²) in [5, 5.41) is 3.62. The summed E-state index contributed by atoms with van der Waals surface area (Å²) in [5.74, 6) is 0. The lowest BCUT2D eigenvalue weighted by molar-refractivity contribution is 0.0135. The number of morpholine rings is 1. The van der Waals surface area contributed by atoms with Crippen molar-refractivity contribution in [2.24, 2.45) is 0 Å². The van der Waals surface area contributed by atoms with E-state index in [1.807, 2.05) is 0 Å². The van der Waals surface area contributed by atoms with Gasteiger partial charge in [0.05, 0.1) is 13.2 Å². The van der Waals surface area contributed by atoms with Gasteiger partial charge in [-0.1, -0.05) is 28.1 Å². The highest BCUT2D eigenvalue weighted by atomic mass is 79.9. The van der Waals surface area contributed by atoms with Crippen molar-refractivity contribution < 1.29 is 4.74 Å². The molecule has 0 amide bonds. The number of rotatable bonds is 2. The molecule has 0 radical (unpaired) electrons. The number of benzene rings is 1. The van der Waals surface area contributed by atoms with Crippen molar-refractivity contribution in [3.05, 3.63) is 34.3 Å². The van der Waals surface area contributed by atoms with E-state index < -0.39 is 0 Å². The zero-order valence-corrected chi connectivity index (χ0v) is 11.4. The van der Waals surface area contributed by atoms with Gasteiger partial charge in [0.25, 0.3) is 0 Å². The highest BCUT2D eigenvalue weighted by Crippen LogP contribution is 2.16. The average molecular weight is 284 g/mol. The zero-order chi connectivity index (χ0) is 11.6. The van der Waals surface area contributed by atoms with Crippen LogP contribution < -0.4 is 5.32 Å². The second-order valence-electron chi connectivity index (χ2n) is 5.07. The summed E-state index contributed by atoms with van der Waals surface area (Å²) >= 11 is 3.45. The van der Waals surface area contributed by atoms with Crippen molar-refractivity contribution in [2.45, 2.75) is 31.8 Å². The van der Waals surface area contributed by atoms with Crippen LogP contribution in [0, 0.1) is 0 Å². The first-order valence-corrected chi connectivity index (χ1v) is 6.44. The molecule has 1 fully saturated rings. The van der Waals surface area contributed by atoms with Crippen LogP contribution in [0.5, 0.6) is 0 Å². The largest absolute Gasteiger partial charge is 0.378 e. The molecular formula is C13H18BrNO. The topological polar surface area (TPSA) is 21.3 Å². The van der Waals surface area contributed by atoms with Gasteiger partial charge in [0.2, 0.25) is 0 Å². The van der Waals surface area contributed by atoms with Crippen LogP contribution in [-0.4, -0.2) is 24.8 Å². The Kier molecular flexibility index (Phi) is 3.67. The number of hydrogen-bond acceptors (Lipinski definition) is 2. The summed E-state index contributed by atoms with van der Waals surface area (Å²) in [5.41, 5.74) is 1.44. The fraction of sp³-hybridized carbons (Fsp3) is 0.538. The molecular weight excluding hydrogens is 266 g/mol. The molecule has 2 nitrogen and oxygen atoms in total. The van der Waals surface area contributed by atoms with Gasteiger partial charge in [0.1, 0.15) is 0 Å². The highest BCUT2D eigenvalue weighted by molar-refractivity contribution is 9.10. The molecule has 3 heteroatoms. The third-order valence-corrected chi connectivity index (χ3v) is 3.30. The van der Waals surface area contributed by atoms with E-state index in [1.54, 1.807) is 0 Å². The van der Waals surface area contributed by atoms with Crippen molar-refractivity contribution in [3.63, 3.8) is 0 Å². The molecule has 16 heavy (non-hydrogen) atoms. The summed E-state index contributed by atoms with van der Waals surface area (Å²) < 4.78 is 6.75. The van der Waals surface area contributed by atoms with Crippen molar-refractivity contribution in [3.8, 4) is 0 Å². The minimum Gasteiger partial charge on any atom is -0.378 e. The first-order valence-electron chi connectivity index (χ1n) is 5.65. The number of halogens is 1. The fourth-order valence-electron chi connectivity index (χ4n) is 2.11. The summed E-state index contributed by atoms with van der Waals surface area (Å²) in [6, 6.07) is 8.92. The molecule has 1 aromatic carbocycles. The van der Waals surface area contributed by atoms with E-state index in [2.05, 4.69) is 59.4 Å². The molecule has 0 aliphatic carbocycles. The smallest absolute Gasteiger partial charge is 0.0643 e. The maximum absolute atomic E-state index is 5.62. The summed E-state index contributed by atoms with van der Waals surface area (Å²) in [7, 11) is 0. The Morgan fingerprint density at radius 2 is 2.06 bits per heavy atom. The van der Waals surface area contributed by atoms with E-state index in [9.17, 15) is 0 Å². The van der Waals surface area contributed by atoms with Crippen molar-refractivity contribution in [2.75, 3.05) is 13.2 Å². The minimum atomic E-state index is 0.0955. The molecule has 0 bridgehead atoms. The molecule has 1 heterocycles. The molecule has 1 saturated heterocycles. The number of hydrogen-bond donors (Lipinski definition) is 1. The minimum absolute atomic E-state index is 0.0955. The van der Waals surface area contributed by atoms with Gasteiger partial charge in [-0.05, 0) is 38.0 Å². The normalized spacial score (nSPS) is 24.3. The van der Waals surface area contributed by atoms with Gasteiger partial charge in [-0.25, -0.2) is 0 Å². The van der Waals surface area contributed by atoms with Gasteiger partial charge in [-0.3, -0.25) is 0 Å². The molecule has 0 aromatic heterocycles. The summed E-state index contributed by atoms with van der Waals surface area (Å²) in [6.45, 7) is 5.96. The molecule has 0 saturated carbocycles. The molecule has 1 aliphatic heterocycles. The third-order valence-electron chi connectivity index (χ3n) is 2.77. The lowest BCUT2D eigenvalue weighted by Crippen LogP contribution is -2.56. The van der Waals surface area contributed by atoms with Gasteiger partial charge in [-0.2, -0.15) is 0 Å². The molecule has 1 N–H and O–H groups in total. The summed E-state index contributed by atoms with van der Waals surface area (Å²) in [6.07, 6.45) is 1.02. The standard InChI is InChI=1S/C13H18BrNO/c1-13(2)9-16-8-12(15-13)7-10-3-5-11(14)6-4-10/h3-6,12,15H,7-9H2,1-2H3. The fourth-order valence-corrected chi connectivity index (χ4v) is 2.37. The van der Waals surface area contributed by atoms with Gasteiger partial charge in [-0.15, -0.1) is 0 Å². The predicted molar refractivity (Wildman–Crippen MR) is 69.7 cm³/mol.